The molecule has 0 amide bonds. The fraction of sp³-hybridized carbons (Fsp3) is 0.0500. The second-order valence-electron chi connectivity index (χ2n) is 21.8. The largest absolute Gasteiger partial charge is 0.340 e. The molecule has 0 spiro atoms. The Morgan fingerprint density at radius 1 is 0.159 bits per heavy atom. The van der Waals surface area contributed by atoms with E-state index >= 15 is 35.1 Å². The third kappa shape index (κ3) is 10.1. The Hall–Kier alpha value is -10.4. The first-order valence-corrected chi connectivity index (χ1v) is 28.7. The van der Waals surface area contributed by atoms with E-state index in [-0.39, 0.29) is 11.1 Å². The van der Waals surface area contributed by atoms with Gasteiger partial charge in [-0.15, -0.1) is 0 Å². The number of hydrogen-bond donors (Lipinski definition) is 0. The van der Waals surface area contributed by atoms with Crippen LogP contribution in [0.2, 0.25) is 0 Å². The maximum absolute atomic E-state index is 16.3. The standard InChI is InChI=1S/2C40H26F4/c2*41-39(42)32-22-23-33(34(26-32)27-13-5-1-6-14-27)38(30-19-11-4-12-20-30)37(29-17-9-3-10-18-29)31-21-24-36(40(39,43)44)35(25-31)28-15-7-2-8-16-28/h2*1-26H/b2*38-37-. The van der Waals surface area contributed by atoms with Gasteiger partial charge in [-0.2, -0.15) is 35.1 Å². The summed E-state index contributed by atoms with van der Waals surface area (Å²) in [6, 6.07) is 91.0. The summed E-state index contributed by atoms with van der Waals surface area (Å²) in [5.41, 5.74) is 9.57. The summed E-state index contributed by atoms with van der Waals surface area (Å²) in [7, 11) is 0. The van der Waals surface area contributed by atoms with Crippen molar-refractivity contribution in [3.8, 4) is 44.5 Å². The van der Waals surface area contributed by atoms with Gasteiger partial charge in [-0.25, -0.2) is 0 Å². The van der Waals surface area contributed by atoms with Crippen LogP contribution < -0.4 is 0 Å². The Balaban J connectivity index is 0.000000162. The van der Waals surface area contributed by atoms with Crippen molar-refractivity contribution in [2.24, 2.45) is 0 Å². The van der Waals surface area contributed by atoms with Crippen LogP contribution in [0.1, 0.15) is 66.8 Å². The van der Waals surface area contributed by atoms with E-state index in [2.05, 4.69) is 0 Å². The van der Waals surface area contributed by atoms with Crippen molar-refractivity contribution >= 4 is 22.3 Å². The molecule has 0 saturated heterocycles. The van der Waals surface area contributed by atoms with E-state index in [1.54, 1.807) is 97.1 Å². The molecule has 0 heterocycles. The molecule has 8 heteroatoms. The molecular formula is C80H52F8. The molecule has 0 N–H and O–H groups in total. The Labute approximate surface area is 505 Å². The summed E-state index contributed by atoms with van der Waals surface area (Å²) in [5, 5.41) is 0. The highest BCUT2D eigenvalue weighted by Crippen LogP contribution is 2.57. The van der Waals surface area contributed by atoms with Crippen LogP contribution in [0.25, 0.3) is 66.8 Å². The molecule has 0 saturated carbocycles. The minimum absolute atomic E-state index is 0.0620. The summed E-state index contributed by atoms with van der Waals surface area (Å²) in [6.07, 6.45) is 0. The van der Waals surface area contributed by atoms with Gasteiger partial charge >= 0.3 is 23.7 Å². The normalized spacial score (nSPS) is 16.7. The Morgan fingerprint density at radius 2 is 0.398 bits per heavy atom. The second-order valence-corrected chi connectivity index (χ2v) is 21.8. The lowest BCUT2D eigenvalue weighted by molar-refractivity contribution is -0.223. The molecule has 12 aromatic rings. The molecular weight excluding hydrogens is 1110 g/mol. The van der Waals surface area contributed by atoms with Crippen LogP contribution in [-0.4, -0.2) is 0 Å². The fourth-order valence-corrected chi connectivity index (χ4v) is 12.2. The van der Waals surface area contributed by atoms with Crippen LogP contribution in [0.4, 0.5) is 35.1 Å². The van der Waals surface area contributed by atoms with Crippen molar-refractivity contribution in [1.82, 2.24) is 0 Å². The van der Waals surface area contributed by atoms with Gasteiger partial charge in [-0.3, -0.25) is 0 Å². The summed E-state index contributed by atoms with van der Waals surface area (Å²) in [4.78, 5) is 0. The molecule has 8 aliphatic carbocycles. The Bertz CT molecular complexity index is 4250. The third-order valence-corrected chi connectivity index (χ3v) is 16.5. The van der Waals surface area contributed by atoms with Gasteiger partial charge in [0.2, 0.25) is 0 Å². The highest BCUT2D eigenvalue weighted by molar-refractivity contribution is 6.09. The molecule has 12 aromatic carbocycles. The van der Waals surface area contributed by atoms with Crippen molar-refractivity contribution < 1.29 is 35.1 Å². The van der Waals surface area contributed by atoms with Gasteiger partial charge in [0, 0.05) is 22.3 Å². The maximum Gasteiger partial charge on any atom is 0.340 e. The lowest BCUT2D eigenvalue weighted by Crippen LogP contribution is -2.36. The number of hydrogen-bond acceptors (Lipinski definition) is 0. The van der Waals surface area contributed by atoms with Gasteiger partial charge in [-0.05, 0) is 136 Å². The van der Waals surface area contributed by atoms with E-state index in [1.165, 1.54) is 24.3 Å². The molecule has 0 atom stereocenters. The summed E-state index contributed by atoms with van der Waals surface area (Å²) in [5.74, 6) is -18.0. The van der Waals surface area contributed by atoms with Crippen LogP contribution in [0.5, 0.6) is 0 Å². The zero-order chi connectivity index (χ0) is 60.6. The van der Waals surface area contributed by atoms with Gasteiger partial charge in [0.25, 0.3) is 0 Å². The van der Waals surface area contributed by atoms with E-state index in [0.29, 0.717) is 55.6 Å². The van der Waals surface area contributed by atoms with Crippen LogP contribution in [0, 0.1) is 0 Å². The molecule has 0 aromatic heterocycles. The maximum atomic E-state index is 16.3. The number of alkyl halides is 8. The molecule has 0 unspecified atom stereocenters. The van der Waals surface area contributed by atoms with Crippen LogP contribution in [0.3, 0.4) is 0 Å². The van der Waals surface area contributed by atoms with E-state index in [0.717, 1.165) is 56.7 Å². The quantitative estimate of drug-likeness (QED) is 0.133. The van der Waals surface area contributed by atoms with E-state index in [1.807, 2.05) is 182 Å². The van der Waals surface area contributed by atoms with Gasteiger partial charge in [0.1, 0.15) is 0 Å². The molecule has 20 rings (SSSR count). The molecule has 428 valence electrons. The summed E-state index contributed by atoms with van der Waals surface area (Å²) in [6.45, 7) is 0. The SMILES string of the molecule is FC1(F)c2ccc(c(-c3ccccc3)c2)/C(c2ccccc2)=C(/c2ccccc2)c2ccc(c(-c3ccccc3)c2)C1(F)F.FC1(F)c2ccc(c(-c3ccccc3)c2)/C(c2ccccc2)=C(/c2ccccc2)c2ccc(c(-c3ccccc3)c2)C1(F)F. The van der Waals surface area contributed by atoms with Crippen molar-refractivity contribution in [1.29, 1.82) is 0 Å². The highest BCUT2D eigenvalue weighted by atomic mass is 19.3. The summed E-state index contributed by atoms with van der Waals surface area (Å²) < 4.78 is 130. The van der Waals surface area contributed by atoms with Crippen molar-refractivity contribution in [3.05, 3.63) is 382 Å². The molecule has 88 heavy (non-hydrogen) atoms. The van der Waals surface area contributed by atoms with Crippen LogP contribution in [-0.2, 0) is 23.7 Å². The Morgan fingerprint density at radius 3 is 0.670 bits per heavy atom. The van der Waals surface area contributed by atoms with Crippen molar-refractivity contribution in [3.63, 3.8) is 0 Å². The Kier molecular flexibility index (Phi) is 14.9. The molecule has 0 radical (unpaired) electrons. The number of benzene rings is 12. The first-order valence-electron chi connectivity index (χ1n) is 28.7. The minimum Gasteiger partial charge on any atom is -0.194 e. The second kappa shape index (κ2) is 23.1. The van der Waals surface area contributed by atoms with Crippen LogP contribution >= 0.6 is 0 Å². The summed E-state index contributed by atoms with van der Waals surface area (Å²) >= 11 is 0. The van der Waals surface area contributed by atoms with E-state index in [4.69, 9.17) is 0 Å². The van der Waals surface area contributed by atoms with Crippen LogP contribution in [0.15, 0.2) is 315 Å². The zero-order valence-electron chi connectivity index (χ0n) is 47.0. The lowest BCUT2D eigenvalue weighted by atomic mass is 9.79. The highest BCUT2D eigenvalue weighted by Gasteiger charge is 2.61. The molecule has 0 aliphatic heterocycles. The smallest absolute Gasteiger partial charge is 0.194 e. The van der Waals surface area contributed by atoms with Gasteiger partial charge in [0.15, 0.2) is 0 Å². The van der Waals surface area contributed by atoms with Crippen molar-refractivity contribution in [2.75, 3.05) is 0 Å². The van der Waals surface area contributed by atoms with Crippen molar-refractivity contribution in [2.45, 2.75) is 23.7 Å². The molecule has 0 fully saturated rings. The molecule has 8 aliphatic rings. The molecule has 0 nitrogen and oxygen atoms in total. The number of rotatable bonds is 8. The monoisotopic (exact) mass is 1160 g/mol. The first-order chi connectivity index (χ1) is 42.7. The van der Waals surface area contributed by atoms with E-state index < -0.39 is 45.9 Å². The molecule has 8 bridgehead atoms. The third-order valence-electron chi connectivity index (χ3n) is 16.5. The average molecular weight is 1170 g/mol. The topological polar surface area (TPSA) is 0 Å². The van der Waals surface area contributed by atoms with Gasteiger partial charge < -0.3 is 0 Å². The minimum atomic E-state index is -4.51. The zero-order valence-corrected chi connectivity index (χ0v) is 47.0. The average Bonchev–Trinajstić information content (AvgIpc) is 1.02. The van der Waals surface area contributed by atoms with Gasteiger partial charge in [0.05, 0.1) is 0 Å². The predicted octanol–water partition coefficient (Wildman–Crippen LogP) is 22.5. The number of halogens is 8. The van der Waals surface area contributed by atoms with Gasteiger partial charge in [-0.1, -0.05) is 291 Å². The van der Waals surface area contributed by atoms with E-state index in [9.17, 15) is 0 Å². The lowest BCUT2D eigenvalue weighted by Gasteiger charge is -2.31. The predicted molar refractivity (Wildman–Crippen MR) is 339 cm³/mol. The first kappa shape index (κ1) is 56.7. The fourth-order valence-electron chi connectivity index (χ4n) is 12.2.